The van der Waals surface area contributed by atoms with Gasteiger partial charge in [-0.1, -0.05) is 58.0 Å². The highest BCUT2D eigenvalue weighted by molar-refractivity contribution is 6.08. The summed E-state index contributed by atoms with van der Waals surface area (Å²) in [6, 6.07) is 23.3. The smallest absolute Gasteiger partial charge is 0.291 e. The summed E-state index contributed by atoms with van der Waals surface area (Å²) in [6.07, 6.45) is 7.42. The van der Waals surface area contributed by atoms with Crippen molar-refractivity contribution in [2.45, 2.75) is 53.9 Å². The average molecular weight is 815 g/mol. The Balaban J connectivity index is 0.000000190. The van der Waals surface area contributed by atoms with E-state index in [-0.39, 0.29) is 23.5 Å². The van der Waals surface area contributed by atoms with Crippen LogP contribution in [0.2, 0.25) is 0 Å². The van der Waals surface area contributed by atoms with E-state index in [2.05, 4.69) is 20.5 Å². The Morgan fingerprint density at radius 1 is 0.717 bits per heavy atom. The van der Waals surface area contributed by atoms with E-state index in [0.717, 1.165) is 49.7 Å². The molecule has 5 aromatic heterocycles. The zero-order valence-corrected chi connectivity index (χ0v) is 34.9. The minimum Gasteiger partial charge on any atom is -0.497 e. The van der Waals surface area contributed by atoms with Crippen molar-refractivity contribution in [2.24, 2.45) is 14.1 Å². The standard InChI is InChI=1S/C23H20FN5O2.C19H16FN3O2.2C2H6/c1-14-5-3-6-15(26-14)13-29-23(30)22-18(12-25-29)17-10-9-16(11-19(17)28(22)2)31-21-8-4-7-20(24)27-21;1-22-17-9-13(25-2)7-8-14(17)15-10-21-23(19(24)18(15)22)11-12-5-3-4-6-16(12)20;2*1-2/h3-12,21,27H,13H2,1-2H3;3-10H,11H2,1-2H3;2*1-2H3. The van der Waals surface area contributed by atoms with Crippen LogP contribution in [0.4, 0.5) is 8.78 Å². The number of aromatic nitrogens is 7. The van der Waals surface area contributed by atoms with Crippen LogP contribution in [0.1, 0.15) is 44.6 Å². The van der Waals surface area contributed by atoms with Gasteiger partial charge in [-0.15, -0.1) is 0 Å². The SMILES string of the molecule is CC.CC.COc1ccc2c3cnn(Cc4ccccc4F)c(=O)c3n(C)c2c1.Cc1cccc(Cn2ncc3c4ccc(OC5C=CC=C(F)N5)cc4n(C)c3c2=O)n1. The van der Waals surface area contributed by atoms with Crippen LogP contribution >= 0.6 is 0 Å². The van der Waals surface area contributed by atoms with Crippen LogP contribution in [0.3, 0.4) is 0 Å². The van der Waals surface area contributed by atoms with Crippen molar-refractivity contribution in [3.63, 3.8) is 0 Å². The topological polar surface area (TPSA) is 123 Å². The molecule has 8 aromatic rings. The Kier molecular flexibility index (Phi) is 13.2. The number of methoxy groups -OCH3 is 1. The van der Waals surface area contributed by atoms with Crippen molar-refractivity contribution < 1.29 is 18.3 Å². The van der Waals surface area contributed by atoms with E-state index in [0.29, 0.717) is 28.9 Å². The van der Waals surface area contributed by atoms with Gasteiger partial charge in [0.1, 0.15) is 28.3 Å². The van der Waals surface area contributed by atoms with E-state index in [9.17, 15) is 18.4 Å². The molecule has 1 aliphatic heterocycles. The lowest BCUT2D eigenvalue weighted by atomic mass is 10.2. The predicted octanol–water partition coefficient (Wildman–Crippen LogP) is 8.45. The molecule has 14 heteroatoms. The zero-order valence-electron chi connectivity index (χ0n) is 34.9. The molecule has 0 saturated carbocycles. The average Bonchev–Trinajstić information content (AvgIpc) is 3.71. The number of nitrogens with zero attached hydrogens (tertiary/aromatic N) is 7. The summed E-state index contributed by atoms with van der Waals surface area (Å²) in [7, 11) is 5.28. The third-order valence-corrected chi connectivity index (χ3v) is 9.79. The van der Waals surface area contributed by atoms with E-state index in [1.54, 1.807) is 55.9 Å². The van der Waals surface area contributed by atoms with E-state index >= 15 is 0 Å². The summed E-state index contributed by atoms with van der Waals surface area (Å²) in [5.41, 5.74) is 4.46. The number of aryl methyl sites for hydroxylation is 3. The lowest BCUT2D eigenvalue weighted by molar-refractivity contribution is 0.209. The fourth-order valence-corrected chi connectivity index (χ4v) is 7.02. The normalized spacial score (nSPS) is 13.1. The van der Waals surface area contributed by atoms with Gasteiger partial charge in [-0.3, -0.25) is 14.6 Å². The van der Waals surface area contributed by atoms with Crippen molar-refractivity contribution in [1.29, 1.82) is 0 Å². The molecule has 12 nitrogen and oxygen atoms in total. The molecule has 1 N–H and O–H groups in total. The molecule has 0 fully saturated rings. The first-order chi connectivity index (χ1) is 29.1. The maximum Gasteiger partial charge on any atom is 0.291 e. The van der Waals surface area contributed by atoms with Crippen LogP contribution < -0.4 is 25.9 Å². The summed E-state index contributed by atoms with van der Waals surface area (Å²) in [5, 5.41) is 14.6. The molecule has 60 heavy (non-hydrogen) atoms. The van der Waals surface area contributed by atoms with Gasteiger partial charge in [0.25, 0.3) is 11.1 Å². The minimum atomic E-state index is -0.599. The molecule has 0 aliphatic carbocycles. The molecule has 0 spiro atoms. The number of nitrogens with one attached hydrogen (secondary N) is 1. The number of pyridine rings is 1. The van der Waals surface area contributed by atoms with Crippen molar-refractivity contribution in [1.82, 2.24) is 39.0 Å². The fraction of sp³-hybridized carbons (Fsp3) is 0.239. The molecule has 1 atom stereocenters. The van der Waals surface area contributed by atoms with Gasteiger partial charge in [0.15, 0.2) is 12.2 Å². The van der Waals surface area contributed by atoms with Crippen LogP contribution in [-0.2, 0) is 27.2 Å². The molecule has 0 amide bonds. The Hall–Kier alpha value is -7.09. The van der Waals surface area contributed by atoms with Gasteiger partial charge >= 0.3 is 0 Å². The van der Waals surface area contributed by atoms with Crippen molar-refractivity contribution in [3.8, 4) is 11.5 Å². The Morgan fingerprint density at radius 2 is 1.30 bits per heavy atom. The van der Waals surface area contributed by atoms with Crippen molar-refractivity contribution in [2.75, 3.05) is 7.11 Å². The van der Waals surface area contributed by atoms with E-state index < -0.39 is 12.2 Å². The predicted molar refractivity (Wildman–Crippen MR) is 234 cm³/mol. The molecular formula is C46H48F2N8O4. The number of rotatable bonds is 7. The molecule has 0 saturated heterocycles. The van der Waals surface area contributed by atoms with Crippen LogP contribution in [0, 0.1) is 12.7 Å². The van der Waals surface area contributed by atoms with Gasteiger partial charge in [0.05, 0.1) is 49.3 Å². The van der Waals surface area contributed by atoms with Gasteiger partial charge in [0.2, 0.25) is 0 Å². The van der Waals surface area contributed by atoms with E-state index in [1.165, 1.54) is 21.5 Å². The van der Waals surface area contributed by atoms with Crippen LogP contribution in [0.25, 0.3) is 43.6 Å². The zero-order chi connectivity index (χ0) is 43.1. The first-order valence-corrected chi connectivity index (χ1v) is 19.7. The number of dihydropyridines is 1. The molecule has 9 rings (SSSR count). The third-order valence-electron chi connectivity index (χ3n) is 9.79. The number of hydrogen-bond acceptors (Lipinski definition) is 8. The number of halogens is 2. The van der Waals surface area contributed by atoms with Crippen LogP contribution in [0.5, 0.6) is 11.5 Å². The minimum absolute atomic E-state index is 0.0896. The summed E-state index contributed by atoms with van der Waals surface area (Å²) in [6.45, 7) is 10.3. The molecule has 310 valence electrons. The fourth-order valence-electron chi connectivity index (χ4n) is 7.02. The number of ether oxygens (including phenoxy) is 2. The van der Waals surface area contributed by atoms with Crippen molar-refractivity contribution >= 4 is 43.6 Å². The van der Waals surface area contributed by atoms with Gasteiger partial charge in [-0.05, 0) is 61.5 Å². The van der Waals surface area contributed by atoms with Crippen LogP contribution in [0.15, 0.2) is 125 Å². The van der Waals surface area contributed by atoms with E-state index in [1.807, 2.05) is 106 Å². The van der Waals surface area contributed by atoms with Gasteiger partial charge in [0, 0.05) is 59.0 Å². The highest BCUT2D eigenvalue weighted by atomic mass is 19.1. The second-order valence-corrected chi connectivity index (χ2v) is 13.4. The molecule has 6 heterocycles. The summed E-state index contributed by atoms with van der Waals surface area (Å²) < 4.78 is 44.8. The lowest BCUT2D eigenvalue weighted by Gasteiger charge is -2.19. The molecule has 3 aromatic carbocycles. The largest absolute Gasteiger partial charge is 0.497 e. The second-order valence-electron chi connectivity index (χ2n) is 13.4. The van der Waals surface area contributed by atoms with Gasteiger partial charge in [-0.2, -0.15) is 14.6 Å². The van der Waals surface area contributed by atoms with Gasteiger partial charge < -0.3 is 23.9 Å². The summed E-state index contributed by atoms with van der Waals surface area (Å²) >= 11 is 0. The Bertz CT molecular complexity index is 3000. The maximum atomic E-state index is 13.9. The quantitative estimate of drug-likeness (QED) is 0.159. The lowest BCUT2D eigenvalue weighted by Crippen LogP contribution is -2.32. The number of fused-ring (bicyclic) bond motifs is 6. The molecule has 1 aliphatic rings. The summed E-state index contributed by atoms with van der Waals surface area (Å²) in [5.74, 6) is 0.483. The number of allylic oxidation sites excluding steroid dienone is 2. The highest BCUT2D eigenvalue weighted by Crippen LogP contribution is 2.30. The third kappa shape index (κ3) is 8.53. The number of hydrogen-bond donors (Lipinski definition) is 1. The first kappa shape index (κ1) is 42.5. The van der Waals surface area contributed by atoms with Crippen molar-refractivity contribution in [3.05, 3.63) is 159 Å². The van der Waals surface area contributed by atoms with E-state index in [4.69, 9.17) is 9.47 Å². The maximum absolute atomic E-state index is 13.9. The monoisotopic (exact) mass is 814 g/mol. The Morgan fingerprint density at radius 3 is 1.88 bits per heavy atom. The molecule has 0 bridgehead atoms. The molecule has 1 unspecified atom stereocenters. The first-order valence-electron chi connectivity index (χ1n) is 19.7. The highest BCUT2D eigenvalue weighted by Gasteiger charge is 2.18. The summed E-state index contributed by atoms with van der Waals surface area (Å²) in [4.78, 5) is 30.6. The molecule has 0 radical (unpaired) electrons. The van der Waals surface area contributed by atoms with Gasteiger partial charge in [-0.25, -0.2) is 13.8 Å². The second kappa shape index (κ2) is 18.7. The number of benzene rings is 3. The van der Waals surface area contributed by atoms with Crippen LogP contribution in [-0.4, -0.2) is 47.0 Å². The molecular weight excluding hydrogens is 767 g/mol. The Labute approximate surface area is 345 Å².